The van der Waals surface area contributed by atoms with Crippen LogP contribution in [0.4, 0.5) is 0 Å². The molecule has 1 aliphatic rings. The average Bonchev–Trinajstić information content (AvgIpc) is 2.63. The first kappa shape index (κ1) is 20.5. The maximum absolute atomic E-state index is 11.9. The molecule has 0 radical (unpaired) electrons. The minimum Gasteiger partial charge on any atom is -0.481 e. The Bertz CT molecular complexity index is 633. The SMILES string of the molecule is O=C(NCCSCc1ccc(Cl)nc1)C(=O)NC1CCC(C(=O)O)CC1. The zero-order valence-corrected chi connectivity index (χ0v) is 15.8. The number of carbonyl (C=O) groups is 3. The van der Waals surface area contributed by atoms with E-state index in [0.717, 1.165) is 11.3 Å². The first-order valence-corrected chi connectivity index (χ1v) is 9.98. The molecule has 0 unspecified atom stereocenters. The number of thioether (sulfide) groups is 1. The predicted molar refractivity (Wildman–Crippen MR) is 99.9 cm³/mol. The maximum atomic E-state index is 11.9. The molecule has 26 heavy (non-hydrogen) atoms. The number of pyridine rings is 1. The van der Waals surface area contributed by atoms with Gasteiger partial charge in [-0.25, -0.2) is 4.98 Å². The molecule has 2 rings (SSSR count). The van der Waals surface area contributed by atoms with Crippen molar-refractivity contribution in [3.63, 3.8) is 0 Å². The lowest BCUT2D eigenvalue weighted by Gasteiger charge is -2.26. The standard InChI is InChI=1S/C17H22ClN3O4S/c18-14-6-1-11(9-20-14)10-26-8-7-19-15(22)16(23)21-13-4-2-12(3-5-13)17(24)25/h1,6,9,12-13H,2-5,7-8,10H2,(H,19,22)(H,21,23)(H,24,25). The van der Waals surface area contributed by atoms with Gasteiger partial charge in [-0.3, -0.25) is 14.4 Å². The summed E-state index contributed by atoms with van der Waals surface area (Å²) in [7, 11) is 0. The Morgan fingerprint density at radius 3 is 2.54 bits per heavy atom. The molecule has 1 aromatic heterocycles. The van der Waals surface area contributed by atoms with Gasteiger partial charge < -0.3 is 15.7 Å². The van der Waals surface area contributed by atoms with Gasteiger partial charge in [0.1, 0.15) is 5.15 Å². The highest BCUT2D eigenvalue weighted by Gasteiger charge is 2.27. The number of hydrogen-bond acceptors (Lipinski definition) is 5. The number of halogens is 1. The third-order valence-electron chi connectivity index (χ3n) is 4.21. The molecule has 0 saturated heterocycles. The zero-order chi connectivity index (χ0) is 18.9. The van der Waals surface area contributed by atoms with Crippen LogP contribution in [-0.2, 0) is 20.1 Å². The molecule has 0 aromatic carbocycles. The molecule has 3 N–H and O–H groups in total. The molecule has 2 amide bonds. The van der Waals surface area contributed by atoms with E-state index in [4.69, 9.17) is 16.7 Å². The summed E-state index contributed by atoms with van der Waals surface area (Å²) >= 11 is 7.34. The van der Waals surface area contributed by atoms with Crippen LogP contribution in [-0.4, -0.2) is 46.2 Å². The Balaban J connectivity index is 1.58. The van der Waals surface area contributed by atoms with Crippen molar-refractivity contribution in [1.82, 2.24) is 15.6 Å². The Morgan fingerprint density at radius 1 is 1.19 bits per heavy atom. The first-order chi connectivity index (χ1) is 12.5. The Labute approximate surface area is 161 Å². The number of carboxylic acids is 1. The molecule has 0 bridgehead atoms. The van der Waals surface area contributed by atoms with E-state index >= 15 is 0 Å². The number of carboxylic acid groups (broad SMARTS) is 1. The fraction of sp³-hybridized carbons (Fsp3) is 0.529. The van der Waals surface area contributed by atoms with Crippen LogP contribution in [0.5, 0.6) is 0 Å². The van der Waals surface area contributed by atoms with Crippen LogP contribution < -0.4 is 10.6 Å². The third kappa shape index (κ3) is 6.84. The van der Waals surface area contributed by atoms with Gasteiger partial charge in [0, 0.05) is 30.3 Å². The van der Waals surface area contributed by atoms with Crippen molar-refractivity contribution in [2.45, 2.75) is 37.5 Å². The second-order valence-electron chi connectivity index (χ2n) is 6.16. The quantitative estimate of drug-likeness (QED) is 0.367. The van der Waals surface area contributed by atoms with Crippen molar-refractivity contribution >= 4 is 41.1 Å². The largest absolute Gasteiger partial charge is 0.481 e. The first-order valence-electron chi connectivity index (χ1n) is 8.45. The van der Waals surface area contributed by atoms with E-state index in [9.17, 15) is 14.4 Å². The van der Waals surface area contributed by atoms with Crippen molar-refractivity contribution in [3.8, 4) is 0 Å². The van der Waals surface area contributed by atoms with Gasteiger partial charge in [-0.2, -0.15) is 11.8 Å². The molecule has 142 valence electrons. The Kier molecular flexibility index (Phi) is 8.18. The van der Waals surface area contributed by atoms with E-state index in [-0.39, 0.29) is 12.0 Å². The van der Waals surface area contributed by atoms with Crippen LogP contribution in [0.25, 0.3) is 0 Å². The topological polar surface area (TPSA) is 108 Å². The fourth-order valence-electron chi connectivity index (χ4n) is 2.73. The smallest absolute Gasteiger partial charge is 0.309 e. The van der Waals surface area contributed by atoms with Gasteiger partial charge in [-0.1, -0.05) is 17.7 Å². The normalized spacial score (nSPS) is 19.6. The highest BCUT2D eigenvalue weighted by molar-refractivity contribution is 7.98. The van der Waals surface area contributed by atoms with Crippen LogP contribution in [0.3, 0.4) is 0 Å². The number of aliphatic carboxylic acids is 1. The van der Waals surface area contributed by atoms with Crippen molar-refractivity contribution in [2.24, 2.45) is 5.92 Å². The summed E-state index contributed by atoms with van der Waals surface area (Å²) < 4.78 is 0. The molecule has 0 atom stereocenters. The van der Waals surface area contributed by atoms with Gasteiger partial charge in [0.2, 0.25) is 0 Å². The second kappa shape index (κ2) is 10.4. The van der Waals surface area contributed by atoms with Crippen LogP contribution in [0.15, 0.2) is 18.3 Å². The van der Waals surface area contributed by atoms with Crippen molar-refractivity contribution in [2.75, 3.05) is 12.3 Å². The average molecular weight is 400 g/mol. The van der Waals surface area contributed by atoms with Crippen molar-refractivity contribution < 1.29 is 19.5 Å². The third-order valence-corrected chi connectivity index (χ3v) is 5.46. The maximum Gasteiger partial charge on any atom is 0.309 e. The molecule has 1 fully saturated rings. The molecular formula is C17H22ClN3O4S. The van der Waals surface area contributed by atoms with Gasteiger partial charge in [-0.15, -0.1) is 0 Å². The molecule has 9 heteroatoms. The van der Waals surface area contributed by atoms with Gasteiger partial charge >= 0.3 is 17.8 Å². The minimum atomic E-state index is -0.792. The van der Waals surface area contributed by atoms with Crippen LogP contribution in [0.1, 0.15) is 31.2 Å². The number of carbonyl (C=O) groups excluding carboxylic acids is 2. The van der Waals surface area contributed by atoms with Crippen LogP contribution >= 0.6 is 23.4 Å². The lowest BCUT2D eigenvalue weighted by Crippen LogP contribution is -2.46. The highest BCUT2D eigenvalue weighted by atomic mass is 35.5. The monoisotopic (exact) mass is 399 g/mol. The van der Waals surface area contributed by atoms with Gasteiger partial charge in [0.25, 0.3) is 0 Å². The van der Waals surface area contributed by atoms with E-state index in [0.29, 0.717) is 43.1 Å². The molecule has 1 aromatic rings. The summed E-state index contributed by atoms with van der Waals surface area (Å²) in [5, 5.41) is 14.7. The molecule has 1 aliphatic carbocycles. The van der Waals surface area contributed by atoms with Crippen LogP contribution in [0.2, 0.25) is 5.15 Å². The summed E-state index contributed by atoms with van der Waals surface area (Å²) in [4.78, 5) is 38.6. The fourth-order valence-corrected chi connectivity index (χ4v) is 3.64. The lowest BCUT2D eigenvalue weighted by molar-refractivity contribution is -0.143. The Hall–Kier alpha value is -1.80. The summed E-state index contributed by atoms with van der Waals surface area (Å²) in [6.45, 7) is 0.393. The number of rotatable bonds is 7. The molecule has 1 saturated carbocycles. The van der Waals surface area contributed by atoms with Crippen molar-refractivity contribution in [3.05, 3.63) is 29.0 Å². The van der Waals surface area contributed by atoms with E-state index in [1.807, 2.05) is 6.07 Å². The number of hydrogen-bond donors (Lipinski definition) is 3. The van der Waals surface area contributed by atoms with E-state index in [1.54, 1.807) is 24.0 Å². The number of aromatic nitrogens is 1. The summed E-state index contributed by atoms with van der Waals surface area (Å²) in [5.41, 5.74) is 1.04. The van der Waals surface area contributed by atoms with Gasteiger partial charge in [0.15, 0.2) is 0 Å². The van der Waals surface area contributed by atoms with E-state index < -0.39 is 17.8 Å². The van der Waals surface area contributed by atoms with Crippen LogP contribution in [0, 0.1) is 5.92 Å². The number of nitrogens with one attached hydrogen (secondary N) is 2. The zero-order valence-electron chi connectivity index (χ0n) is 14.2. The second-order valence-corrected chi connectivity index (χ2v) is 7.65. The molecule has 0 aliphatic heterocycles. The van der Waals surface area contributed by atoms with E-state index in [2.05, 4.69) is 15.6 Å². The molecule has 7 nitrogen and oxygen atoms in total. The summed E-state index contributed by atoms with van der Waals surface area (Å²) in [6, 6.07) is 3.50. The molecule has 0 spiro atoms. The van der Waals surface area contributed by atoms with Gasteiger partial charge in [0.05, 0.1) is 5.92 Å². The van der Waals surface area contributed by atoms with E-state index in [1.165, 1.54) is 0 Å². The molecular weight excluding hydrogens is 378 g/mol. The Morgan fingerprint density at radius 2 is 1.92 bits per heavy atom. The number of nitrogens with zero attached hydrogens (tertiary/aromatic N) is 1. The highest BCUT2D eigenvalue weighted by Crippen LogP contribution is 2.24. The summed E-state index contributed by atoms with van der Waals surface area (Å²) in [5.74, 6) is -1.02. The summed E-state index contributed by atoms with van der Waals surface area (Å²) in [6.07, 6.45) is 3.93. The molecule has 1 heterocycles. The predicted octanol–water partition coefficient (Wildman–Crippen LogP) is 1.84. The lowest BCUT2D eigenvalue weighted by atomic mass is 9.86. The minimum absolute atomic E-state index is 0.129. The van der Waals surface area contributed by atoms with Crippen molar-refractivity contribution in [1.29, 1.82) is 0 Å². The number of amides is 2. The van der Waals surface area contributed by atoms with Gasteiger partial charge in [-0.05, 0) is 37.3 Å².